The van der Waals surface area contributed by atoms with Gasteiger partial charge in [-0.15, -0.1) is 0 Å². The zero-order valence-corrected chi connectivity index (χ0v) is 18.9. The first-order valence-corrected chi connectivity index (χ1v) is 11.4. The van der Waals surface area contributed by atoms with Gasteiger partial charge in [0, 0.05) is 31.3 Å². The number of nitrogens with one attached hydrogen (secondary N) is 2. The van der Waals surface area contributed by atoms with Gasteiger partial charge in [0.2, 0.25) is 11.5 Å². The molecular formula is C25H26N4O5. The van der Waals surface area contributed by atoms with Crippen molar-refractivity contribution < 1.29 is 23.9 Å². The van der Waals surface area contributed by atoms with Gasteiger partial charge in [0.05, 0.1) is 6.04 Å². The number of likely N-dealkylation sites (tertiary alicyclic amines) is 1. The summed E-state index contributed by atoms with van der Waals surface area (Å²) in [5.74, 6) is -0.774. The van der Waals surface area contributed by atoms with Crippen LogP contribution in [0, 0.1) is 0 Å². The number of benzene rings is 2. The Balaban J connectivity index is 1.34. The normalized spacial score (nSPS) is 23.3. The van der Waals surface area contributed by atoms with Crippen LogP contribution in [0.1, 0.15) is 42.0 Å². The maximum absolute atomic E-state index is 13.4. The number of anilines is 1. The number of nitrogens with zero attached hydrogens (tertiary/aromatic N) is 2. The predicted octanol–water partition coefficient (Wildman–Crippen LogP) is 2.92. The first-order valence-electron chi connectivity index (χ1n) is 11.4. The van der Waals surface area contributed by atoms with Crippen molar-refractivity contribution in [2.24, 2.45) is 0 Å². The highest BCUT2D eigenvalue weighted by atomic mass is 16.6. The van der Waals surface area contributed by atoms with Crippen LogP contribution in [0.25, 0.3) is 0 Å². The van der Waals surface area contributed by atoms with Gasteiger partial charge in [-0.05, 0) is 42.5 Å². The van der Waals surface area contributed by atoms with E-state index in [1.54, 1.807) is 23.1 Å². The van der Waals surface area contributed by atoms with Gasteiger partial charge in [0.1, 0.15) is 6.54 Å². The maximum Gasteiger partial charge on any atom is 0.418 e. The molecule has 9 heteroatoms. The Morgan fingerprint density at radius 1 is 1.15 bits per heavy atom. The Morgan fingerprint density at radius 2 is 1.94 bits per heavy atom. The third-order valence-corrected chi connectivity index (χ3v) is 6.90. The molecule has 5 rings (SSSR count). The number of hydrogen-bond acceptors (Lipinski definition) is 5. The Morgan fingerprint density at radius 3 is 2.71 bits per heavy atom. The smallest absolute Gasteiger partial charge is 0.418 e. The lowest BCUT2D eigenvalue weighted by molar-refractivity contribution is -0.142. The first kappa shape index (κ1) is 21.9. The molecule has 34 heavy (non-hydrogen) atoms. The second kappa shape index (κ2) is 8.48. The van der Waals surface area contributed by atoms with Crippen molar-refractivity contribution in [2.45, 2.75) is 37.3 Å². The van der Waals surface area contributed by atoms with Gasteiger partial charge in [-0.2, -0.15) is 0 Å². The van der Waals surface area contributed by atoms with Crippen LogP contribution in [0.3, 0.4) is 0 Å². The molecule has 1 aliphatic carbocycles. The molecule has 9 nitrogen and oxygen atoms in total. The van der Waals surface area contributed by atoms with E-state index in [9.17, 15) is 19.2 Å². The molecule has 2 aromatic rings. The summed E-state index contributed by atoms with van der Waals surface area (Å²) in [6, 6.07) is 14.5. The van der Waals surface area contributed by atoms with Crippen LogP contribution in [0.2, 0.25) is 0 Å². The van der Waals surface area contributed by atoms with Gasteiger partial charge < -0.3 is 20.3 Å². The van der Waals surface area contributed by atoms with Crippen LogP contribution < -0.4 is 10.6 Å². The quantitative estimate of drug-likeness (QED) is 0.726. The minimum atomic E-state index is -1.41. The Hall–Kier alpha value is -3.88. The molecular weight excluding hydrogens is 436 g/mol. The average Bonchev–Trinajstić information content (AvgIpc) is 3.53. The van der Waals surface area contributed by atoms with E-state index in [1.165, 1.54) is 7.05 Å². The van der Waals surface area contributed by atoms with Crippen LogP contribution in [0.5, 0.6) is 0 Å². The largest absolute Gasteiger partial charge is 0.427 e. The topological polar surface area (TPSA) is 108 Å². The molecule has 1 spiro atoms. The van der Waals surface area contributed by atoms with Crippen LogP contribution in [0.15, 0.2) is 48.5 Å². The lowest BCUT2D eigenvalue weighted by Crippen LogP contribution is -2.44. The van der Waals surface area contributed by atoms with Gasteiger partial charge in [0.15, 0.2) is 0 Å². The zero-order valence-electron chi connectivity index (χ0n) is 18.9. The van der Waals surface area contributed by atoms with Crippen molar-refractivity contribution in [1.29, 1.82) is 0 Å². The Kier molecular flexibility index (Phi) is 5.47. The summed E-state index contributed by atoms with van der Waals surface area (Å²) in [4.78, 5) is 53.7. The van der Waals surface area contributed by atoms with Crippen LogP contribution >= 0.6 is 0 Å². The molecule has 2 saturated heterocycles. The SMILES string of the molecule is CNC(=O)Nc1ccc2c(c1)CCC21OC(=O)N(CC(=O)N2CCC[C@H]2c2ccccc2)C1=O. The highest BCUT2D eigenvalue weighted by Crippen LogP contribution is 2.46. The summed E-state index contributed by atoms with van der Waals surface area (Å²) in [5, 5.41) is 5.19. The fourth-order valence-corrected chi connectivity index (χ4v) is 5.24. The standard InChI is InChI=1S/C25H26N4O5/c1-26-23(32)27-18-9-10-19-17(14-18)11-12-25(19)22(31)29(24(33)34-25)15-21(30)28-13-5-8-20(28)16-6-3-2-4-7-16/h2-4,6-7,9-10,14,20H,5,8,11-13,15H2,1H3,(H2,26,27,32)/t20-,25?/m0/s1. The van der Waals surface area contributed by atoms with Crippen molar-refractivity contribution in [3.8, 4) is 0 Å². The molecule has 2 N–H and O–H groups in total. The minimum absolute atomic E-state index is 0.0603. The van der Waals surface area contributed by atoms with E-state index in [2.05, 4.69) is 10.6 Å². The number of aryl methyl sites for hydroxylation is 1. The summed E-state index contributed by atoms with van der Waals surface area (Å²) in [6.07, 6.45) is 1.74. The summed E-state index contributed by atoms with van der Waals surface area (Å²) >= 11 is 0. The number of amides is 5. The number of carbonyl (C=O) groups is 4. The molecule has 176 valence electrons. The van der Waals surface area contributed by atoms with Gasteiger partial charge in [0.25, 0.3) is 5.91 Å². The van der Waals surface area contributed by atoms with Gasteiger partial charge >= 0.3 is 12.1 Å². The van der Waals surface area contributed by atoms with E-state index < -0.39 is 17.6 Å². The van der Waals surface area contributed by atoms with Crippen molar-refractivity contribution in [3.63, 3.8) is 0 Å². The molecule has 3 aliphatic rings. The number of imide groups is 1. The van der Waals surface area contributed by atoms with E-state index in [-0.39, 0.29) is 24.5 Å². The number of fused-ring (bicyclic) bond motifs is 2. The predicted molar refractivity (Wildman–Crippen MR) is 123 cm³/mol. The van der Waals surface area contributed by atoms with E-state index in [4.69, 9.17) is 4.74 Å². The van der Waals surface area contributed by atoms with E-state index in [1.807, 2.05) is 30.3 Å². The van der Waals surface area contributed by atoms with Gasteiger partial charge in [-0.3, -0.25) is 9.59 Å². The monoisotopic (exact) mass is 462 g/mol. The fourth-order valence-electron chi connectivity index (χ4n) is 5.24. The lowest BCUT2D eigenvalue weighted by Gasteiger charge is -2.26. The molecule has 2 heterocycles. The van der Waals surface area contributed by atoms with Crippen LogP contribution in [0.4, 0.5) is 15.3 Å². The van der Waals surface area contributed by atoms with E-state index in [0.29, 0.717) is 30.6 Å². The van der Waals surface area contributed by atoms with Gasteiger partial charge in [-0.25, -0.2) is 14.5 Å². The Labute approximate surface area is 197 Å². The Bertz CT molecular complexity index is 1170. The van der Waals surface area contributed by atoms with Crippen LogP contribution in [-0.2, 0) is 26.3 Å². The number of ether oxygens (including phenoxy) is 1. The van der Waals surface area contributed by atoms with Gasteiger partial charge in [-0.1, -0.05) is 36.4 Å². The highest BCUT2D eigenvalue weighted by molar-refractivity contribution is 6.06. The first-order chi connectivity index (χ1) is 16.4. The molecule has 1 unspecified atom stereocenters. The zero-order chi connectivity index (χ0) is 23.9. The van der Waals surface area contributed by atoms with E-state index in [0.717, 1.165) is 28.9 Å². The molecule has 5 amide bonds. The molecule has 2 atom stereocenters. The lowest BCUT2D eigenvalue weighted by atomic mass is 9.94. The van der Waals surface area contributed by atoms with E-state index >= 15 is 0 Å². The summed E-state index contributed by atoms with van der Waals surface area (Å²) < 4.78 is 5.65. The molecule has 2 aromatic carbocycles. The van der Waals surface area contributed by atoms with Crippen molar-refractivity contribution in [2.75, 3.05) is 25.5 Å². The van der Waals surface area contributed by atoms with Crippen molar-refractivity contribution >= 4 is 29.6 Å². The molecule has 0 aromatic heterocycles. The minimum Gasteiger partial charge on any atom is -0.427 e. The summed E-state index contributed by atoms with van der Waals surface area (Å²) in [6.45, 7) is 0.249. The molecule has 0 radical (unpaired) electrons. The molecule has 0 bridgehead atoms. The number of rotatable bonds is 4. The second-order valence-electron chi connectivity index (χ2n) is 8.82. The third kappa shape index (κ3) is 3.57. The fraction of sp³-hybridized carbons (Fsp3) is 0.360. The highest BCUT2D eigenvalue weighted by Gasteiger charge is 2.58. The van der Waals surface area contributed by atoms with Crippen LogP contribution in [-0.4, -0.2) is 53.9 Å². The summed E-state index contributed by atoms with van der Waals surface area (Å²) in [5.41, 5.74) is 1.65. The molecule has 2 fully saturated rings. The number of hydrogen-bond donors (Lipinski definition) is 2. The second-order valence-corrected chi connectivity index (χ2v) is 8.82. The number of urea groups is 1. The summed E-state index contributed by atoms with van der Waals surface area (Å²) in [7, 11) is 1.52. The number of carbonyl (C=O) groups excluding carboxylic acids is 4. The van der Waals surface area contributed by atoms with Crippen molar-refractivity contribution in [3.05, 3.63) is 65.2 Å². The van der Waals surface area contributed by atoms with Crippen molar-refractivity contribution in [1.82, 2.24) is 15.1 Å². The molecule has 0 saturated carbocycles. The maximum atomic E-state index is 13.4. The third-order valence-electron chi connectivity index (χ3n) is 6.90. The average molecular weight is 463 g/mol. The molecule has 2 aliphatic heterocycles.